The van der Waals surface area contributed by atoms with Gasteiger partial charge in [-0.15, -0.1) is 0 Å². The molecule has 0 atom stereocenters. The summed E-state index contributed by atoms with van der Waals surface area (Å²) < 4.78 is 3.86. The van der Waals surface area contributed by atoms with Gasteiger partial charge in [0.15, 0.2) is 11.4 Å². The Morgan fingerprint density at radius 3 is 2.75 bits per heavy atom. The highest BCUT2D eigenvalue weighted by Gasteiger charge is 2.26. The van der Waals surface area contributed by atoms with Crippen molar-refractivity contribution in [2.75, 3.05) is 0 Å². The minimum Gasteiger partial charge on any atom is -0.505 e. The molecular weight excluding hydrogens is 404 g/mol. The number of hydrogen-bond donors (Lipinski definition) is 2. The lowest BCUT2D eigenvalue weighted by Crippen LogP contribution is -2.12. The summed E-state index contributed by atoms with van der Waals surface area (Å²) in [6.45, 7) is 8.09. The minimum absolute atomic E-state index is 0.281. The lowest BCUT2D eigenvalue weighted by molar-refractivity contribution is 0.329. The zero-order valence-electron chi connectivity index (χ0n) is 17.8. The average molecular weight is 426 g/mol. The van der Waals surface area contributed by atoms with Gasteiger partial charge < -0.3 is 14.8 Å². The smallest absolute Gasteiger partial charge is 0.157 e. The molecule has 8 nitrogen and oxygen atoms in total. The lowest BCUT2D eigenvalue weighted by Gasteiger charge is -2.20. The predicted molar refractivity (Wildman–Crippen MR) is 122 cm³/mol. The number of allylic oxidation sites excluding steroid dienone is 3. The number of rotatable bonds is 4. The van der Waals surface area contributed by atoms with Crippen molar-refractivity contribution < 1.29 is 10.2 Å². The van der Waals surface area contributed by atoms with Crippen molar-refractivity contribution in [2.24, 2.45) is 0 Å². The van der Waals surface area contributed by atoms with Gasteiger partial charge in [-0.3, -0.25) is 4.98 Å². The summed E-state index contributed by atoms with van der Waals surface area (Å²) in [6, 6.07) is 9.77. The fraction of sp³-hybridized carbons (Fsp3) is 0.167. The molecule has 0 amide bonds. The lowest BCUT2D eigenvalue weighted by atomic mass is 10.0. The molecular formula is C24H22N6O2. The van der Waals surface area contributed by atoms with E-state index in [4.69, 9.17) is 9.97 Å². The predicted octanol–water partition coefficient (Wildman–Crippen LogP) is 4.65. The van der Waals surface area contributed by atoms with Gasteiger partial charge in [0.2, 0.25) is 0 Å². The highest BCUT2D eigenvalue weighted by molar-refractivity contribution is 5.84. The Hall–Kier alpha value is -4.20. The molecule has 0 radical (unpaired) electrons. The Balaban J connectivity index is 1.79. The summed E-state index contributed by atoms with van der Waals surface area (Å²) >= 11 is 0. The van der Waals surface area contributed by atoms with E-state index in [1.165, 1.54) is 12.4 Å². The molecule has 160 valence electrons. The zero-order valence-corrected chi connectivity index (χ0v) is 17.8. The van der Waals surface area contributed by atoms with Crippen LogP contribution in [0.5, 0.6) is 0 Å². The zero-order chi connectivity index (χ0) is 22.4. The molecule has 5 heterocycles. The van der Waals surface area contributed by atoms with Gasteiger partial charge in [-0.25, -0.2) is 14.5 Å². The summed E-state index contributed by atoms with van der Waals surface area (Å²) in [5, 5.41) is 24.1. The Morgan fingerprint density at radius 1 is 1.12 bits per heavy atom. The molecule has 0 aromatic carbocycles. The maximum absolute atomic E-state index is 10.2. The number of fused-ring (bicyclic) bond motifs is 2. The first kappa shape index (κ1) is 19.7. The van der Waals surface area contributed by atoms with Crippen LogP contribution < -0.4 is 0 Å². The number of hydrogen-bond acceptors (Lipinski definition) is 6. The second kappa shape index (κ2) is 7.49. The van der Waals surface area contributed by atoms with E-state index in [1.807, 2.05) is 50.4 Å². The molecule has 2 N–H and O–H groups in total. The van der Waals surface area contributed by atoms with Gasteiger partial charge in [-0.1, -0.05) is 18.2 Å². The molecule has 1 aliphatic heterocycles. The molecule has 0 fully saturated rings. The van der Waals surface area contributed by atoms with Gasteiger partial charge in [0.05, 0.1) is 11.4 Å². The molecule has 0 saturated carbocycles. The van der Waals surface area contributed by atoms with Gasteiger partial charge in [-0.05, 0) is 50.6 Å². The van der Waals surface area contributed by atoms with Crippen LogP contribution in [0.2, 0.25) is 0 Å². The number of aryl methyl sites for hydroxylation is 1. The van der Waals surface area contributed by atoms with Crippen molar-refractivity contribution in [3.63, 3.8) is 0 Å². The van der Waals surface area contributed by atoms with Crippen LogP contribution in [0.15, 0.2) is 72.6 Å². The third kappa shape index (κ3) is 3.26. The molecule has 0 spiro atoms. The third-order valence-corrected chi connectivity index (χ3v) is 5.63. The van der Waals surface area contributed by atoms with Crippen LogP contribution in [0.25, 0.3) is 33.9 Å². The van der Waals surface area contributed by atoms with Crippen molar-refractivity contribution in [2.45, 2.75) is 26.8 Å². The second-order valence-electron chi connectivity index (χ2n) is 7.85. The van der Waals surface area contributed by atoms with Crippen LogP contribution in [0.1, 0.15) is 24.9 Å². The van der Waals surface area contributed by atoms with E-state index in [0.29, 0.717) is 5.82 Å². The number of imidazole rings is 1. The number of aromatic nitrogens is 6. The fourth-order valence-corrected chi connectivity index (χ4v) is 3.99. The maximum atomic E-state index is 10.2. The van der Waals surface area contributed by atoms with Crippen LogP contribution in [-0.4, -0.2) is 39.3 Å². The van der Waals surface area contributed by atoms with E-state index in [1.54, 1.807) is 4.52 Å². The topological polar surface area (TPSA) is 101 Å². The van der Waals surface area contributed by atoms with Crippen molar-refractivity contribution in [3.05, 3.63) is 84.1 Å². The highest BCUT2D eigenvalue weighted by atomic mass is 16.3. The van der Waals surface area contributed by atoms with E-state index in [0.717, 1.165) is 58.1 Å². The molecule has 1 aliphatic rings. The first-order valence-corrected chi connectivity index (χ1v) is 10.3. The third-order valence-electron chi connectivity index (χ3n) is 5.63. The Bertz CT molecular complexity index is 1440. The van der Waals surface area contributed by atoms with E-state index in [-0.39, 0.29) is 11.5 Å². The summed E-state index contributed by atoms with van der Waals surface area (Å²) in [5.41, 5.74) is 6.82. The van der Waals surface area contributed by atoms with E-state index in [2.05, 4.69) is 21.2 Å². The van der Waals surface area contributed by atoms with Crippen LogP contribution in [-0.2, 0) is 6.54 Å². The largest absolute Gasteiger partial charge is 0.505 e. The van der Waals surface area contributed by atoms with Crippen molar-refractivity contribution in [1.82, 2.24) is 29.1 Å². The van der Waals surface area contributed by atoms with E-state index >= 15 is 0 Å². The standard InChI is InChI=1S/C24H22N6O2/c1-14-9-10-29-23(17-7-8-21-25-13-26-30(21)12-17)22(19-6-4-5-15(2)27-19)28-24(29)18(14)11-20(32)16(3)31/h4-8,11-13,31-32H,3,9-10H2,1-2H3/b20-11+. The molecule has 0 saturated heterocycles. The number of nitrogens with zero attached hydrogens (tertiary/aromatic N) is 6. The Labute approximate surface area is 184 Å². The molecule has 4 aromatic rings. The summed E-state index contributed by atoms with van der Waals surface area (Å²) in [4.78, 5) is 13.9. The van der Waals surface area contributed by atoms with Crippen LogP contribution in [0, 0.1) is 6.92 Å². The summed E-state index contributed by atoms with van der Waals surface area (Å²) in [6.07, 6.45) is 5.75. The SMILES string of the molecule is C=C(O)/C(O)=C\C1=C(C)CCn2c1nc(-c1cccc(C)n1)c2-c1ccc2ncnn2c1. The van der Waals surface area contributed by atoms with Crippen molar-refractivity contribution in [1.29, 1.82) is 0 Å². The minimum atomic E-state index is -0.383. The first-order chi connectivity index (χ1) is 15.4. The number of pyridine rings is 2. The molecule has 0 bridgehead atoms. The van der Waals surface area contributed by atoms with Gasteiger partial charge >= 0.3 is 0 Å². The number of aliphatic hydroxyl groups is 2. The van der Waals surface area contributed by atoms with E-state index < -0.39 is 0 Å². The Kier molecular flexibility index (Phi) is 4.62. The van der Waals surface area contributed by atoms with Gasteiger partial charge in [0, 0.05) is 29.6 Å². The molecule has 0 unspecified atom stereocenters. The quantitative estimate of drug-likeness (QED) is 0.364. The molecule has 5 rings (SSSR count). The van der Waals surface area contributed by atoms with Gasteiger partial charge in [0.1, 0.15) is 23.6 Å². The second-order valence-corrected chi connectivity index (χ2v) is 7.85. The van der Waals surface area contributed by atoms with Crippen molar-refractivity contribution >= 4 is 11.2 Å². The summed E-state index contributed by atoms with van der Waals surface area (Å²) in [5.74, 6) is 0.0385. The Morgan fingerprint density at radius 2 is 1.97 bits per heavy atom. The van der Waals surface area contributed by atoms with Crippen molar-refractivity contribution in [3.8, 4) is 22.6 Å². The van der Waals surface area contributed by atoms with Gasteiger partial charge in [-0.2, -0.15) is 5.10 Å². The van der Waals surface area contributed by atoms with Crippen LogP contribution in [0.4, 0.5) is 0 Å². The molecule has 0 aliphatic carbocycles. The van der Waals surface area contributed by atoms with E-state index in [9.17, 15) is 10.2 Å². The molecule has 32 heavy (non-hydrogen) atoms. The molecule has 8 heteroatoms. The van der Waals surface area contributed by atoms with Crippen LogP contribution >= 0.6 is 0 Å². The monoisotopic (exact) mass is 426 g/mol. The van der Waals surface area contributed by atoms with Crippen LogP contribution in [0.3, 0.4) is 0 Å². The molecule has 4 aromatic heterocycles. The average Bonchev–Trinajstić information content (AvgIpc) is 3.39. The highest BCUT2D eigenvalue weighted by Crippen LogP contribution is 2.38. The fourth-order valence-electron chi connectivity index (χ4n) is 3.99. The first-order valence-electron chi connectivity index (χ1n) is 10.3. The number of aliphatic hydroxyl groups excluding tert-OH is 2. The van der Waals surface area contributed by atoms with Gasteiger partial charge in [0.25, 0.3) is 0 Å². The maximum Gasteiger partial charge on any atom is 0.157 e. The summed E-state index contributed by atoms with van der Waals surface area (Å²) in [7, 11) is 0. The normalized spacial score (nSPS) is 14.1.